The minimum absolute atomic E-state index is 0.0246. The van der Waals surface area contributed by atoms with E-state index in [4.69, 9.17) is 9.15 Å². The van der Waals surface area contributed by atoms with Crippen LogP contribution in [0.5, 0.6) is 0 Å². The number of nitrogens with one attached hydrogen (secondary N) is 1. The first-order valence-corrected chi connectivity index (χ1v) is 9.44. The first-order chi connectivity index (χ1) is 13.1. The second-order valence-electron chi connectivity index (χ2n) is 7.21. The Labute approximate surface area is 158 Å². The number of benzene rings is 1. The minimum atomic E-state index is -0.515. The molecule has 2 amide bonds. The molecule has 0 aliphatic carbocycles. The lowest BCUT2D eigenvalue weighted by atomic mass is 10.1. The number of hydrogen-bond donors (Lipinski definition) is 1. The summed E-state index contributed by atoms with van der Waals surface area (Å²) < 4.78 is 11.2. The molecule has 1 aromatic carbocycles. The number of nitrogens with zero attached hydrogens (tertiary/aromatic N) is 2. The fourth-order valence-electron chi connectivity index (χ4n) is 3.83. The van der Waals surface area contributed by atoms with E-state index in [0.29, 0.717) is 57.3 Å². The number of ether oxygens (including phenoxy) is 1. The maximum atomic E-state index is 13.3. The Morgan fingerprint density at radius 2 is 1.93 bits per heavy atom. The average molecular weight is 371 g/mol. The van der Waals surface area contributed by atoms with Gasteiger partial charge in [-0.2, -0.15) is 0 Å². The van der Waals surface area contributed by atoms with Crippen molar-refractivity contribution in [3.8, 4) is 0 Å². The number of hydrogen-bond acceptors (Lipinski definition) is 5. The summed E-state index contributed by atoms with van der Waals surface area (Å²) in [6.07, 6.45) is 0. The van der Waals surface area contributed by atoms with Gasteiger partial charge in [-0.15, -0.1) is 0 Å². The van der Waals surface area contributed by atoms with E-state index in [1.54, 1.807) is 9.80 Å². The first-order valence-electron chi connectivity index (χ1n) is 9.44. The van der Waals surface area contributed by atoms with Gasteiger partial charge in [0.25, 0.3) is 5.91 Å². The van der Waals surface area contributed by atoms with Crippen LogP contribution in [-0.4, -0.2) is 73.6 Å². The molecular weight excluding hydrogens is 346 g/mol. The van der Waals surface area contributed by atoms with Crippen LogP contribution in [0.25, 0.3) is 11.0 Å². The normalized spacial score (nSPS) is 20.9. The largest absolute Gasteiger partial charge is 0.451 e. The second-order valence-corrected chi connectivity index (χ2v) is 7.21. The molecule has 2 aliphatic rings. The van der Waals surface area contributed by atoms with Crippen LogP contribution >= 0.6 is 0 Å². The highest BCUT2D eigenvalue weighted by atomic mass is 16.5. The Bertz CT molecular complexity index is 869. The molecule has 4 rings (SSSR count). The number of aryl methyl sites for hydroxylation is 2. The number of furan rings is 1. The molecule has 0 bridgehead atoms. The van der Waals surface area contributed by atoms with Gasteiger partial charge in [-0.05, 0) is 25.5 Å². The van der Waals surface area contributed by atoms with Crippen LogP contribution in [0.1, 0.15) is 21.7 Å². The van der Waals surface area contributed by atoms with Crippen LogP contribution < -0.4 is 5.32 Å². The number of amides is 2. The summed E-state index contributed by atoms with van der Waals surface area (Å²) in [5.41, 5.74) is 2.62. The maximum Gasteiger partial charge on any atom is 0.290 e. The molecule has 7 heteroatoms. The molecule has 3 heterocycles. The number of rotatable bonds is 2. The lowest BCUT2D eigenvalue weighted by molar-refractivity contribution is -0.140. The lowest BCUT2D eigenvalue weighted by Gasteiger charge is -2.38. The molecular formula is C20H25N3O4. The highest BCUT2D eigenvalue weighted by molar-refractivity contribution is 6.01. The van der Waals surface area contributed by atoms with Gasteiger partial charge in [0.1, 0.15) is 11.6 Å². The van der Waals surface area contributed by atoms with Gasteiger partial charge in [0.2, 0.25) is 5.91 Å². The molecule has 1 atom stereocenters. The molecule has 2 aromatic rings. The van der Waals surface area contributed by atoms with E-state index in [-0.39, 0.29) is 11.8 Å². The van der Waals surface area contributed by atoms with Crippen molar-refractivity contribution in [2.75, 3.05) is 45.9 Å². The van der Waals surface area contributed by atoms with Gasteiger partial charge < -0.3 is 24.3 Å². The van der Waals surface area contributed by atoms with Crippen molar-refractivity contribution >= 4 is 22.8 Å². The van der Waals surface area contributed by atoms with Gasteiger partial charge in [0.15, 0.2) is 5.76 Å². The lowest BCUT2D eigenvalue weighted by Crippen LogP contribution is -2.61. The molecule has 1 N–H and O–H groups in total. The predicted octanol–water partition coefficient (Wildman–Crippen LogP) is 1.32. The van der Waals surface area contributed by atoms with E-state index in [1.807, 2.05) is 32.0 Å². The van der Waals surface area contributed by atoms with Crippen molar-refractivity contribution in [2.24, 2.45) is 0 Å². The van der Waals surface area contributed by atoms with E-state index < -0.39 is 6.04 Å². The van der Waals surface area contributed by atoms with Crippen LogP contribution in [0.15, 0.2) is 22.6 Å². The van der Waals surface area contributed by atoms with Gasteiger partial charge in [-0.25, -0.2) is 0 Å². The minimum Gasteiger partial charge on any atom is -0.451 e. The Balaban J connectivity index is 1.62. The Hall–Kier alpha value is -2.38. The topological polar surface area (TPSA) is 75.0 Å². The smallest absolute Gasteiger partial charge is 0.290 e. The van der Waals surface area contributed by atoms with Gasteiger partial charge in [-0.3, -0.25) is 9.59 Å². The number of piperazine rings is 1. The predicted molar refractivity (Wildman–Crippen MR) is 101 cm³/mol. The number of morpholine rings is 1. The van der Waals surface area contributed by atoms with Crippen molar-refractivity contribution in [2.45, 2.75) is 19.9 Å². The van der Waals surface area contributed by atoms with E-state index in [2.05, 4.69) is 5.32 Å². The molecule has 1 aromatic heterocycles. The molecule has 2 fully saturated rings. The highest BCUT2D eigenvalue weighted by Crippen LogP contribution is 2.28. The fourth-order valence-corrected chi connectivity index (χ4v) is 3.83. The number of carbonyl (C=O) groups excluding carboxylic acids is 2. The SMILES string of the molecule is Cc1ccc2c(C)c(C(=O)N3CCNC[C@H]3C(=O)N3CCOCC3)oc2c1. The van der Waals surface area contributed by atoms with E-state index in [1.165, 1.54) is 0 Å². The van der Waals surface area contributed by atoms with E-state index >= 15 is 0 Å². The summed E-state index contributed by atoms with van der Waals surface area (Å²) in [7, 11) is 0. The zero-order valence-corrected chi connectivity index (χ0v) is 15.8. The van der Waals surface area contributed by atoms with Crippen LogP contribution in [0.3, 0.4) is 0 Å². The van der Waals surface area contributed by atoms with Crippen molar-refractivity contribution in [1.82, 2.24) is 15.1 Å². The Morgan fingerprint density at radius 1 is 1.15 bits per heavy atom. The second kappa shape index (κ2) is 7.32. The Morgan fingerprint density at radius 3 is 2.70 bits per heavy atom. The summed E-state index contributed by atoms with van der Waals surface area (Å²) in [5.74, 6) is 0.0928. The number of fused-ring (bicyclic) bond motifs is 1. The summed E-state index contributed by atoms with van der Waals surface area (Å²) >= 11 is 0. The van der Waals surface area contributed by atoms with Crippen LogP contribution in [0.4, 0.5) is 0 Å². The highest BCUT2D eigenvalue weighted by Gasteiger charge is 2.37. The van der Waals surface area contributed by atoms with Gasteiger partial charge in [0.05, 0.1) is 13.2 Å². The number of carbonyl (C=O) groups is 2. The average Bonchev–Trinajstić information content (AvgIpc) is 3.03. The van der Waals surface area contributed by atoms with E-state index in [9.17, 15) is 9.59 Å². The standard InChI is InChI=1S/C20H25N3O4/c1-13-3-4-15-14(2)18(27-17(15)11-13)20(25)23-6-5-21-12-16(23)19(24)22-7-9-26-10-8-22/h3-4,11,16,21H,5-10,12H2,1-2H3/t16-/m0/s1. The quantitative estimate of drug-likeness (QED) is 0.862. The third kappa shape index (κ3) is 3.33. The molecule has 0 spiro atoms. The monoisotopic (exact) mass is 371 g/mol. The third-order valence-electron chi connectivity index (χ3n) is 5.40. The molecule has 0 radical (unpaired) electrons. The molecule has 0 saturated carbocycles. The molecule has 27 heavy (non-hydrogen) atoms. The van der Waals surface area contributed by atoms with Crippen molar-refractivity contribution in [3.05, 3.63) is 35.1 Å². The summed E-state index contributed by atoms with van der Waals surface area (Å²) in [6.45, 7) is 7.72. The van der Waals surface area contributed by atoms with Gasteiger partial charge in [0, 0.05) is 43.7 Å². The summed E-state index contributed by atoms with van der Waals surface area (Å²) in [5, 5.41) is 4.18. The molecule has 144 valence electrons. The molecule has 2 saturated heterocycles. The Kier molecular flexibility index (Phi) is 4.88. The van der Waals surface area contributed by atoms with Crippen molar-refractivity contribution in [3.63, 3.8) is 0 Å². The fraction of sp³-hybridized carbons (Fsp3) is 0.500. The molecule has 7 nitrogen and oxygen atoms in total. The van der Waals surface area contributed by atoms with Crippen molar-refractivity contribution < 1.29 is 18.7 Å². The molecule has 0 unspecified atom stereocenters. The van der Waals surface area contributed by atoms with Gasteiger partial charge >= 0.3 is 0 Å². The van der Waals surface area contributed by atoms with Crippen molar-refractivity contribution in [1.29, 1.82) is 0 Å². The van der Waals surface area contributed by atoms with E-state index in [0.717, 1.165) is 16.5 Å². The van der Waals surface area contributed by atoms with Crippen LogP contribution in [0, 0.1) is 13.8 Å². The molecule has 2 aliphatic heterocycles. The summed E-state index contributed by atoms with van der Waals surface area (Å²) in [6, 6.07) is 5.41. The first kappa shape index (κ1) is 18.0. The van der Waals surface area contributed by atoms with Crippen LogP contribution in [-0.2, 0) is 9.53 Å². The summed E-state index contributed by atoms with van der Waals surface area (Å²) in [4.78, 5) is 29.7. The maximum absolute atomic E-state index is 13.3. The zero-order valence-electron chi connectivity index (χ0n) is 15.8. The van der Waals surface area contributed by atoms with Gasteiger partial charge in [-0.1, -0.05) is 12.1 Å². The van der Waals surface area contributed by atoms with Crippen LogP contribution in [0.2, 0.25) is 0 Å². The third-order valence-corrected chi connectivity index (χ3v) is 5.40. The zero-order chi connectivity index (χ0) is 19.0.